The third-order valence-electron chi connectivity index (χ3n) is 2.80. The van der Waals surface area contributed by atoms with E-state index in [1.54, 1.807) is 24.3 Å². The number of halogens is 1. The molecule has 7 nitrogen and oxygen atoms in total. The third-order valence-corrected chi connectivity index (χ3v) is 4.06. The summed E-state index contributed by atoms with van der Waals surface area (Å²) < 4.78 is 0. The number of rotatable bonds is 6. The zero-order valence-electron chi connectivity index (χ0n) is 12.2. The number of nitro benzene ring substituents is 1. The summed E-state index contributed by atoms with van der Waals surface area (Å²) in [7, 11) is 0. The van der Waals surface area contributed by atoms with Crippen molar-refractivity contribution in [2.45, 2.75) is 4.90 Å². The van der Waals surface area contributed by atoms with Crippen molar-refractivity contribution in [3.63, 3.8) is 0 Å². The van der Waals surface area contributed by atoms with Crippen LogP contribution in [0.3, 0.4) is 0 Å². The lowest BCUT2D eigenvalue weighted by molar-refractivity contribution is -0.384. The third kappa shape index (κ3) is 5.25. The maximum atomic E-state index is 11.7. The number of phenolic OH excluding ortho intramolecular Hbond substituents is 1. The molecule has 0 saturated carbocycles. The SMILES string of the molecule is O=C(CSc1ccc(Cl)cc1)N/N=C\c1cc([N+](=O)[O-])ccc1O. The molecule has 24 heavy (non-hydrogen) atoms. The van der Waals surface area contributed by atoms with Gasteiger partial charge in [0.05, 0.1) is 16.9 Å². The molecule has 0 radical (unpaired) electrons. The molecule has 2 aromatic carbocycles. The molecular weight excluding hydrogens is 354 g/mol. The van der Waals surface area contributed by atoms with Crippen molar-refractivity contribution in [2.24, 2.45) is 5.10 Å². The minimum absolute atomic E-state index is 0.134. The van der Waals surface area contributed by atoms with Crippen molar-refractivity contribution in [3.05, 3.63) is 63.2 Å². The standard InChI is InChI=1S/C15H12ClN3O4S/c16-11-1-4-13(5-2-11)24-9-15(21)18-17-8-10-7-12(19(22)23)3-6-14(10)20/h1-8,20H,9H2,(H,18,21)/b17-8-. The van der Waals surface area contributed by atoms with Crippen molar-refractivity contribution in [1.82, 2.24) is 5.43 Å². The average molecular weight is 366 g/mol. The van der Waals surface area contributed by atoms with E-state index in [4.69, 9.17) is 11.6 Å². The Labute approximate surface area is 146 Å². The van der Waals surface area contributed by atoms with Crippen LogP contribution in [0.15, 0.2) is 52.5 Å². The summed E-state index contributed by atoms with van der Waals surface area (Å²) in [6, 6.07) is 10.6. The van der Waals surface area contributed by atoms with E-state index >= 15 is 0 Å². The lowest BCUT2D eigenvalue weighted by Gasteiger charge is -2.01. The van der Waals surface area contributed by atoms with Gasteiger partial charge >= 0.3 is 0 Å². The number of carbonyl (C=O) groups excluding carboxylic acids is 1. The summed E-state index contributed by atoms with van der Waals surface area (Å²) in [4.78, 5) is 22.7. The minimum atomic E-state index is -0.585. The number of phenols is 1. The van der Waals surface area contributed by atoms with Gasteiger partial charge in [-0.25, -0.2) is 5.43 Å². The zero-order chi connectivity index (χ0) is 17.5. The second kappa shape index (κ2) is 8.32. The Morgan fingerprint density at radius 3 is 2.71 bits per heavy atom. The number of non-ortho nitro benzene ring substituents is 1. The van der Waals surface area contributed by atoms with Gasteiger partial charge in [-0.2, -0.15) is 5.10 Å². The first-order valence-corrected chi connectivity index (χ1v) is 8.00. The molecule has 0 fully saturated rings. The molecule has 0 heterocycles. The number of thioether (sulfide) groups is 1. The molecule has 0 bridgehead atoms. The highest BCUT2D eigenvalue weighted by atomic mass is 35.5. The van der Waals surface area contributed by atoms with E-state index in [9.17, 15) is 20.0 Å². The number of aromatic hydroxyl groups is 1. The molecule has 0 spiro atoms. The fourth-order valence-corrected chi connectivity index (χ4v) is 2.46. The maximum absolute atomic E-state index is 11.7. The largest absolute Gasteiger partial charge is 0.507 e. The molecule has 124 valence electrons. The molecular formula is C15H12ClN3O4S. The van der Waals surface area contributed by atoms with Crippen LogP contribution >= 0.6 is 23.4 Å². The Morgan fingerprint density at radius 1 is 1.33 bits per heavy atom. The highest BCUT2D eigenvalue weighted by Crippen LogP contribution is 2.21. The molecule has 0 atom stereocenters. The van der Waals surface area contributed by atoms with E-state index in [-0.39, 0.29) is 28.7 Å². The van der Waals surface area contributed by atoms with Crippen LogP contribution in [0.25, 0.3) is 0 Å². The van der Waals surface area contributed by atoms with Gasteiger partial charge in [-0.1, -0.05) is 11.6 Å². The quantitative estimate of drug-likeness (QED) is 0.354. The smallest absolute Gasteiger partial charge is 0.270 e. The first kappa shape index (κ1) is 17.8. The van der Waals surface area contributed by atoms with Crippen LogP contribution in [0.5, 0.6) is 5.75 Å². The minimum Gasteiger partial charge on any atom is -0.507 e. The number of nitro groups is 1. The van der Waals surface area contributed by atoms with Gasteiger partial charge in [-0.15, -0.1) is 11.8 Å². The lowest BCUT2D eigenvalue weighted by atomic mass is 10.2. The van der Waals surface area contributed by atoms with Gasteiger partial charge in [0.1, 0.15) is 5.75 Å². The van der Waals surface area contributed by atoms with E-state index in [2.05, 4.69) is 10.5 Å². The lowest BCUT2D eigenvalue weighted by Crippen LogP contribution is -2.19. The van der Waals surface area contributed by atoms with Gasteiger partial charge in [0.15, 0.2) is 0 Å². The van der Waals surface area contributed by atoms with Gasteiger partial charge in [0.2, 0.25) is 5.91 Å². The monoisotopic (exact) mass is 365 g/mol. The summed E-state index contributed by atoms with van der Waals surface area (Å²) in [5, 5.41) is 24.6. The highest BCUT2D eigenvalue weighted by Gasteiger charge is 2.09. The van der Waals surface area contributed by atoms with Gasteiger partial charge < -0.3 is 5.11 Å². The summed E-state index contributed by atoms with van der Waals surface area (Å²) in [6.45, 7) is 0. The number of hydrogen-bond donors (Lipinski definition) is 2. The molecule has 0 aliphatic heterocycles. The zero-order valence-corrected chi connectivity index (χ0v) is 13.8. The number of nitrogens with zero attached hydrogens (tertiary/aromatic N) is 2. The van der Waals surface area contributed by atoms with Crippen molar-refractivity contribution in [1.29, 1.82) is 0 Å². The number of nitrogens with one attached hydrogen (secondary N) is 1. The van der Waals surface area contributed by atoms with Gasteiger partial charge in [-0.05, 0) is 30.3 Å². The van der Waals surface area contributed by atoms with Gasteiger partial charge in [0.25, 0.3) is 5.69 Å². The molecule has 2 aromatic rings. The van der Waals surface area contributed by atoms with Crippen molar-refractivity contribution in [3.8, 4) is 5.75 Å². The predicted octanol–water partition coefficient (Wildman–Crippen LogP) is 3.20. The molecule has 0 aliphatic carbocycles. The molecule has 0 unspecified atom stereocenters. The summed E-state index contributed by atoms with van der Waals surface area (Å²) in [6.07, 6.45) is 1.15. The molecule has 2 rings (SSSR count). The highest BCUT2D eigenvalue weighted by molar-refractivity contribution is 8.00. The molecule has 2 N–H and O–H groups in total. The second-order valence-corrected chi connectivity index (χ2v) is 6.02. The first-order chi connectivity index (χ1) is 11.5. The average Bonchev–Trinajstić information content (AvgIpc) is 2.56. The van der Waals surface area contributed by atoms with Gasteiger partial charge in [0, 0.05) is 27.6 Å². The second-order valence-electron chi connectivity index (χ2n) is 4.54. The van der Waals surface area contributed by atoms with Crippen LogP contribution in [0.1, 0.15) is 5.56 Å². The number of amides is 1. The number of benzene rings is 2. The van der Waals surface area contributed by atoms with E-state index < -0.39 is 4.92 Å². The number of carbonyl (C=O) groups is 1. The fourth-order valence-electron chi connectivity index (χ4n) is 1.64. The Morgan fingerprint density at radius 2 is 2.04 bits per heavy atom. The van der Waals surface area contributed by atoms with Crippen LogP contribution in [0, 0.1) is 10.1 Å². The summed E-state index contributed by atoms with van der Waals surface area (Å²) >= 11 is 7.08. The van der Waals surface area contributed by atoms with Crippen LogP contribution in [-0.4, -0.2) is 27.9 Å². The van der Waals surface area contributed by atoms with Crippen molar-refractivity contribution >= 4 is 41.2 Å². The molecule has 0 aromatic heterocycles. The van der Waals surface area contributed by atoms with E-state index in [0.717, 1.165) is 17.2 Å². The predicted molar refractivity (Wildman–Crippen MR) is 92.7 cm³/mol. The van der Waals surface area contributed by atoms with Crippen LogP contribution < -0.4 is 5.43 Å². The van der Waals surface area contributed by atoms with E-state index in [1.165, 1.54) is 23.9 Å². The Kier molecular flexibility index (Phi) is 6.16. The van der Waals surface area contributed by atoms with Crippen LogP contribution in [0.2, 0.25) is 5.02 Å². The Balaban J connectivity index is 1.89. The molecule has 1 amide bonds. The molecule has 9 heteroatoms. The van der Waals surface area contributed by atoms with Crippen LogP contribution in [0.4, 0.5) is 5.69 Å². The van der Waals surface area contributed by atoms with E-state index in [0.29, 0.717) is 5.02 Å². The van der Waals surface area contributed by atoms with Gasteiger partial charge in [-0.3, -0.25) is 14.9 Å². The maximum Gasteiger partial charge on any atom is 0.270 e. The number of hydrazone groups is 1. The van der Waals surface area contributed by atoms with Crippen molar-refractivity contribution < 1.29 is 14.8 Å². The summed E-state index contributed by atoms with van der Waals surface area (Å²) in [5.74, 6) is -0.384. The Hall–Kier alpha value is -2.58. The Bertz CT molecular complexity index is 781. The van der Waals surface area contributed by atoms with Crippen LogP contribution in [-0.2, 0) is 4.79 Å². The number of hydrogen-bond acceptors (Lipinski definition) is 6. The molecule has 0 aliphatic rings. The summed E-state index contributed by atoms with van der Waals surface area (Å²) in [5.41, 5.74) is 2.24. The normalized spacial score (nSPS) is 10.7. The molecule has 0 saturated heterocycles. The van der Waals surface area contributed by atoms with Crippen molar-refractivity contribution in [2.75, 3.05) is 5.75 Å². The fraction of sp³-hybridized carbons (Fsp3) is 0.0667. The van der Waals surface area contributed by atoms with E-state index in [1.807, 2.05) is 0 Å². The topological polar surface area (TPSA) is 105 Å². The first-order valence-electron chi connectivity index (χ1n) is 6.63.